The summed E-state index contributed by atoms with van der Waals surface area (Å²) in [5.74, 6) is -8.32. The summed E-state index contributed by atoms with van der Waals surface area (Å²) in [5, 5.41) is 1.62. The molecule has 1 amide bonds. The number of hydrogen-bond donors (Lipinski definition) is 1. The van der Waals surface area contributed by atoms with E-state index in [1.807, 2.05) is 13.8 Å². The summed E-state index contributed by atoms with van der Waals surface area (Å²) in [5.41, 5.74) is 0.249. The van der Waals surface area contributed by atoms with Crippen molar-refractivity contribution in [3.8, 4) is 0 Å². The Balaban J connectivity index is 2.00. The lowest BCUT2D eigenvalue weighted by atomic mass is 9.89. The van der Waals surface area contributed by atoms with E-state index in [4.69, 9.17) is 0 Å². The van der Waals surface area contributed by atoms with Crippen molar-refractivity contribution in [1.82, 2.24) is 8.94 Å². The van der Waals surface area contributed by atoms with Gasteiger partial charge in [-0.05, 0) is 42.3 Å². The maximum atomic E-state index is 13.3. The molecule has 0 aromatic carbocycles. The predicted molar refractivity (Wildman–Crippen MR) is 104 cm³/mol. The molecule has 3 rings (SSSR count). The SMILES string of the molecule is CC(C)c1cc2c(NC(=O)C(F)(F)C(F)(F)F)nsc2c(=O)n1CC1CCCCC1. The molecular weight excluding hydrogens is 429 g/mol. The van der Waals surface area contributed by atoms with E-state index >= 15 is 0 Å². The average Bonchev–Trinajstić information content (AvgIpc) is 3.06. The molecule has 2 aromatic heterocycles. The van der Waals surface area contributed by atoms with Crippen LogP contribution in [0.2, 0.25) is 0 Å². The van der Waals surface area contributed by atoms with Crippen LogP contribution < -0.4 is 10.9 Å². The number of pyridine rings is 1. The van der Waals surface area contributed by atoms with Crippen LogP contribution in [0, 0.1) is 5.92 Å². The zero-order valence-electron chi connectivity index (χ0n) is 16.5. The van der Waals surface area contributed by atoms with Gasteiger partial charge in [0.15, 0.2) is 5.82 Å². The number of carbonyl (C=O) groups is 1. The van der Waals surface area contributed by atoms with Gasteiger partial charge in [0.25, 0.3) is 5.56 Å². The van der Waals surface area contributed by atoms with Crippen LogP contribution in [0.4, 0.5) is 27.8 Å². The molecule has 0 atom stereocenters. The van der Waals surface area contributed by atoms with Crippen molar-refractivity contribution in [1.29, 1.82) is 0 Å². The minimum Gasteiger partial charge on any atom is -0.311 e. The predicted octanol–water partition coefficient (Wildman–Crippen LogP) is 5.30. The lowest BCUT2D eigenvalue weighted by Crippen LogP contribution is -2.47. The summed E-state index contributed by atoms with van der Waals surface area (Å²) in [4.78, 5) is 24.6. The van der Waals surface area contributed by atoms with Gasteiger partial charge in [-0.3, -0.25) is 9.59 Å². The van der Waals surface area contributed by atoms with Gasteiger partial charge in [0, 0.05) is 17.6 Å². The van der Waals surface area contributed by atoms with Crippen molar-refractivity contribution >= 4 is 33.3 Å². The van der Waals surface area contributed by atoms with Crippen molar-refractivity contribution in [2.45, 2.75) is 70.5 Å². The first-order chi connectivity index (χ1) is 13.9. The van der Waals surface area contributed by atoms with Crippen molar-refractivity contribution in [2.75, 3.05) is 5.32 Å². The van der Waals surface area contributed by atoms with Gasteiger partial charge in [-0.25, -0.2) is 0 Å². The zero-order valence-corrected chi connectivity index (χ0v) is 17.3. The maximum Gasteiger partial charge on any atom is 0.463 e. The molecule has 0 bridgehead atoms. The molecule has 166 valence electrons. The fourth-order valence-electron chi connectivity index (χ4n) is 3.75. The molecule has 0 saturated heterocycles. The van der Waals surface area contributed by atoms with Crippen LogP contribution in [-0.4, -0.2) is 26.9 Å². The molecule has 1 fully saturated rings. The lowest BCUT2D eigenvalue weighted by molar-refractivity contribution is -0.267. The molecule has 0 aliphatic heterocycles. The molecule has 0 unspecified atom stereocenters. The van der Waals surface area contributed by atoms with E-state index in [0.717, 1.165) is 25.7 Å². The van der Waals surface area contributed by atoms with E-state index < -0.39 is 23.8 Å². The van der Waals surface area contributed by atoms with E-state index in [1.54, 1.807) is 16.0 Å². The third-order valence-corrected chi connectivity index (χ3v) is 6.25. The van der Waals surface area contributed by atoms with Gasteiger partial charge in [0.2, 0.25) is 0 Å². The summed E-state index contributed by atoms with van der Waals surface area (Å²) >= 11 is 0.673. The minimum atomic E-state index is -6.03. The van der Waals surface area contributed by atoms with Crippen LogP contribution in [-0.2, 0) is 11.3 Å². The van der Waals surface area contributed by atoms with Crippen molar-refractivity contribution in [2.24, 2.45) is 5.92 Å². The average molecular weight is 451 g/mol. The monoisotopic (exact) mass is 451 g/mol. The second-order valence-corrected chi connectivity index (χ2v) is 8.72. The number of nitrogens with one attached hydrogen (secondary N) is 1. The molecule has 1 saturated carbocycles. The summed E-state index contributed by atoms with van der Waals surface area (Å²) in [6.07, 6.45) is -0.636. The van der Waals surface area contributed by atoms with Crippen LogP contribution in [0.1, 0.15) is 57.6 Å². The number of amides is 1. The minimum absolute atomic E-state index is 0.0694. The molecule has 0 radical (unpaired) electrons. The molecule has 2 aromatic rings. The first-order valence-corrected chi connectivity index (χ1v) is 10.5. The Hall–Kier alpha value is -2.04. The number of aromatic nitrogens is 2. The normalized spacial score (nSPS) is 16.4. The van der Waals surface area contributed by atoms with E-state index in [2.05, 4.69) is 4.37 Å². The number of anilines is 1. The van der Waals surface area contributed by atoms with Gasteiger partial charge >= 0.3 is 18.0 Å². The summed E-state index contributed by atoms with van der Waals surface area (Å²) in [7, 11) is 0. The van der Waals surface area contributed by atoms with Gasteiger partial charge in [0.05, 0.1) is 0 Å². The van der Waals surface area contributed by atoms with Crippen LogP contribution in [0.25, 0.3) is 10.1 Å². The Morgan fingerprint density at radius 1 is 1.23 bits per heavy atom. The Morgan fingerprint density at radius 2 is 1.87 bits per heavy atom. The van der Waals surface area contributed by atoms with Gasteiger partial charge in [-0.15, -0.1) is 0 Å². The van der Waals surface area contributed by atoms with Crippen molar-refractivity contribution < 1.29 is 26.7 Å². The van der Waals surface area contributed by atoms with Gasteiger partial charge in [-0.1, -0.05) is 33.1 Å². The molecular formula is C19H22F5N3O2S. The molecule has 2 heterocycles. The Kier molecular flexibility index (Phi) is 6.22. The van der Waals surface area contributed by atoms with E-state index in [0.29, 0.717) is 29.7 Å². The Labute approximate surface area is 173 Å². The topological polar surface area (TPSA) is 64.0 Å². The molecule has 5 nitrogen and oxygen atoms in total. The van der Waals surface area contributed by atoms with Crippen molar-refractivity contribution in [3.63, 3.8) is 0 Å². The summed E-state index contributed by atoms with van der Waals surface area (Å²) in [6, 6.07) is 1.55. The quantitative estimate of drug-likeness (QED) is 0.628. The van der Waals surface area contributed by atoms with Crippen LogP contribution in [0.5, 0.6) is 0 Å². The summed E-state index contributed by atoms with van der Waals surface area (Å²) < 4.78 is 69.5. The number of rotatable bonds is 5. The van der Waals surface area contributed by atoms with Gasteiger partial charge in [0.1, 0.15) is 4.70 Å². The molecule has 0 spiro atoms. The highest BCUT2D eigenvalue weighted by atomic mass is 32.1. The Bertz CT molecular complexity index is 990. The number of carbonyl (C=O) groups excluding carboxylic acids is 1. The Morgan fingerprint density at radius 3 is 2.43 bits per heavy atom. The smallest absolute Gasteiger partial charge is 0.311 e. The molecule has 30 heavy (non-hydrogen) atoms. The highest BCUT2D eigenvalue weighted by Gasteiger charge is 2.63. The second-order valence-electron chi connectivity index (χ2n) is 7.94. The molecule has 1 N–H and O–H groups in total. The number of halogens is 5. The third kappa shape index (κ3) is 4.21. The van der Waals surface area contributed by atoms with E-state index in [1.165, 1.54) is 6.42 Å². The highest BCUT2D eigenvalue weighted by Crippen LogP contribution is 2.37. The number of alkyl halides is 5. The highest BCUT2D eigenvalue weighted by molar-refractivity contribution is 7.13. The van der Waals surface area contributed by atoms with Gasteiger partial charge < -0.3 is 9.88 Å². The lowest BCUT2D eigenvalue weighted by Gasteiger charge is -2.25. The van der Waals surface area contributed by atoms with Crippen molar-refractivity contribution in [3.05, 3.63) is 22.1 Å². The van der Waals surface area contributed by atoms with E-state index in [-0.39, 0.29) is 21.6 Å². The number of nitrogens with zero attached hydrogens (tertiary/aromatic N) is 2. The third-order valence-electron chi connectivity index (χ3n) is 5.40. The molecule has 1 aliphatic rings. The molecule has 11 heteroatoms. The first-order valence-electron chi connectivity index (χ1n) is 9.72. The fourth-order valence-corrected chi connectivity index (χ4v) is 4.52. The first kappa shape index (κ1) is 22.6. The fraction of sp³-hybridized carbons (Fsp3) is 0.632. The van der Waals surface area contributed by atoms with Crippen LogP contribution in [0.15, 0.2) is 10.9 Å². The van der Waals surface area contributed by atoms with Crippen LogP contribution >= 0.6 is 11.5 Å². The number of fused-ring (bicyclic) bond motifs is 1. The van der Waals surface area contributed by atoms with Crippen LogP contribution in [0.3, 0.4) is 0 Å². The maximum absolute atomic E-state index is 13.3. The zero-order chi connectivity index (χ0) is 22.3. The second kappa shape index (κ2) is 8.24. The van der Waals surface area contributed by atoms with E-state index in [9.17, 15) is 31.5 Å². The standard InChI is InChI=1S/C19H22F5N3O2S/c1-10(2)13-8-12-14(16(28)27(13)9-11-6-4-3-5-7-11)30-26-15(12)25-17(29)18(20,21)19(22,23)24/h8,10-11H,3-7,9H2,1-2H3,(H,25,26,29). The van der Waals surface area contributed by atoms with Gasteiger partial charge in [-0.2, -0.15) is 26.3 Å². The largest absolute Gasteiger partial charge is 0.463 e. The summed E-state index contributed by atoms with van der Waals surface area (Å²) in [6.45, 7) is 4.23. The molecule has 1 aliphatic carbocycles. The number of hydrogen-bond acceptors (Lipinski definition) is 4.